The second kappa shape index (κ2) is 7.62. The van der Waals surface area contributed by atoms with E-state index in [0.29, 0.717) is 5.41 Å². The minimum absolute atomic E-state index is 0.344. The van der Waals surface area contributed by atoms with E-state index in [1.807, 2.05) is 25.2 Å². The fraction of sp³-hybridized carbons (Fsp3) is 0.611. The van der Waals surface area contributed by atoms with Gasteiger partial charge in [0.2, 0.25) is 0 Å². The summed E-state index contributed by atoms with van der Waals surface area (Å²) in [5.41, 5.74) is 1.46. The number of nitrogens with one attached hydrogen (secondary N) is 1. The van der Waals surface area contributed by atoms with E-state index in [4.69, 9.17) is 21.1 Å². The molecule has 1 spiro atoms. The van der Waals surface area contributed by atoms with Gasteiger partial charge in [-0.1, -0.05) is 17.7 Å². The smallest absolute Gasteiger partial charge is 0.193 e. The zero-order chi connectivity index (χ0) is 17.0. The molecule has 132 valence electrons. The van der Waals surface area contributed by atoms with Crippen molar-refractivity contribution in [3.8, 4) is 5.75 Å². The molecule has 2 saturated heterocycles. The van der Waals surface area contributed by atoms with E-state index >= 15 is 0 Å². The second-order valence-corrected chi connectivity index (χ2v) is 7.06. The van der Waals surface area contributed by atoms with Crippen LogP contribution in [-0.2, 0) is 11.2 Å². The van der Waals surface area contributed by atoms with Gasteiger partial charge in [0.25, 0.3) is 0 Å². The molecule has 24 heavy (non-hydrogen) atoms. The van der Waals surface area contributed by atoms with E-state index in [0.717, 1.165) is 61.6 Å². The topological polar surface area (TPSA) is 46.1 Å². The molecular weight excluding hydrogens is 326 g/mol. The van der Waals surface area contributed by atoms with E-state index in [-0.39, 0.29) is 0 Å². The lowest BCUT2D eigenvalue weighted by atomic mass is 9.87. The normalized spacial score (nSPS) is 24.0. The number of rotatable bonds is 4. The van der Waals surface area contributed by atoms with Crippen molar-refractivity contribution in [3.05, 3.63) is 28.8 Å². The standard InChI is InChI=1S/C18H26ClN3O2/c1-20-17(22-9-6-18(12-22)7-10-24-13-18)21-8-5-14-3-4-15(23-2)11-16(14)19/h3-4,11H,5-10,12-13H2,1-2H3,(H,20,21). The van der Waals surface area contributed by atoms with Crippen molar-refractivity contribution in [1.82, 2.24) is 10.2 Å². The Balaban J connectivity index is 1.52. The largest absolute Gasteiger partial charge is 0.497 e. The molecule has 2 aliphatic heterocycles. The average molecular weight is 352 g/mol. The number of hydrogen-bond acceptors (Lipinski definition) is 3. The maximum absolute atomic E-state index is 6.30. The third kappa shape index (κ3) is 3.78. The molecule has 2 heterocycles. The summed E-state index contributed by atoms with van der Waals surface area (Å²) in [7, 11) is 3.49. The number of halogens is 1. The van der Waals surface area contributed by atoms with Crippen LogP contribution in [0.25, 0.3) is 0 Å². The van der Waals surface area contributed by atoms with Crippen LogP contribution >= 0.6 is 11.6 Å². The van der Waals surface area contributed by atoms with Crippen LogP contribution in [0, 0.1) is 5.41 Å². The molecule has 1 unspecified atom stereocenters. The molecule has 0 aliphatic carbocycles. The van der Waals surface area contributed by atoms with Gasteiger partial charge in [0, 0.05) is 43.7 Å². The Morgan fingerprint density at radius 2 is 2.33 bits per heavy atom. The molecule has 1 aromatic carbocycles. The van der Waals surface area contributed by atoms with Crippen molar-refractivity contribution in [2.45, 2.75) is 19.3 Å². The Morgan fingerprint density at radius 3 is 3.00 bits per heavy atom. The van der Waals surface area contributed by atoms with Crippen LogP contribution in [0.3, 0.4) is 0 Å². The molecule has 0 saturated carbocycles. The van der Waals surface area contributed by atoms with Gasteiger partial charge in [-0.15, -0.1) is 0 Å². The Labute approximate surface area is 149 Å². The highest BCUT2D eigenvalue weighted by Gasteiger charge is 2.42. The lowest BCUT2D eigenvalue weighted by Crippen LogP contribution is -2.42. The summed E-state index contributed by atoms with van der Waals surface area (Å²) < 4.78 is 10.8. The predicted molar refractivity (Wildman–Crippen MR) is 97.1 cm³/mol. The van der Waals surface area contributed by atoms with Gasteiger partial charge in [-0.2, -0.15) is 0 Å². The lowest BCUT2D eigenvalue weighted by molar-refractivity contribution is 0.156. The molecule has 0 amide bonds. The number of benzene rings is 1. The fourth-order valence-corrected chi connectivity index (χ4v) is 3.85. The van der Waals surface area contributed by atoms with E-state index in [1.165, 1.54) is 12.8 Å². The molecule has 6 heteroatoms. The van der Waals surface area contributed by atoms with E-state index in [2.05, 4.69) is 15.2 Å². The molecule has 0 aromatic heterocycles. The summed E-state index contributed by atoms with van der Waals surface area (Å²) in [5, 5.41) is 4.21. The lowest BCUT2D eigenvalue weighted by Gasteiger charge is -2.25. The van der Waals surface area contributed by atoms with Crippen molar-refractivity contribution >= 4 is 17.6 Å². The SMILES string of the molecule is CN=C(NCCc1ccc(OC)cc1Cl)N1CCC2(CCOC2)C1. The van der Waals surface area contributed by atoms with Gasteiger partial charge < -0.3 is 19.7 Å². The number of guanidine groups is 1. The van der Waals surface area contributed by atoms with Crippen LogP contribution in [0.15, 0.2) is 23.2 Å². The quantitative estimate of drug-likeness (QED) is 0.669. The third-order valence-corrected chi connectivity index (χ3v) is 5.42. The first-order valence-electron chi connectivity index (χ1n) is 8.51. The highest BCUT2D eigenvalue weighted by Crippen LogP contribution is 2.38. The molecule has 5 nitrogen and oxygen atoms in total. The molecule has 0 radical (unpaired) electrons. The van der Waals surface area contributed by atoms with Crippen LogP contribution in [0.1, 0.15) is 18.4 Å². The van der Waals surface area contributed by atoms with Crippen LogP contribution in [0.4, 0.5) is 0 Å². The molecule has 1 aromatic rings. The molecule has 2 fully saturated rings. The van der Waals surface area contributed by atoms with Gasteiger partial charge in [0.1, 0.15) is 5.75 Å². The van der Waals surface area contributed by atoms with E-state index in [1.54, 1.807) is 7.11 Å². The molecule has 1 N–H and O–H groups in total. The Morgan fingerprint density at radius 1 is 1.46 bits per heavy atom. The number of ether oxygens (including phenoxy) is 2. The first-order valence-corrected chi connectivity index (χ1v) is 8.89. The molecule has 0 bridgehead atoms. The molecule has 3 rings (SSSR count). The first-order chi connectivity index (χ1) is 11.7. The van der Waals surface area contributed by atoms with Gasteiger partial charge in [-0.05, 0) is 37.0 Å². The van der Waals surface area contributed by atoms with E-state index < -0.39 is 0 Å². The zero-order valence-electron chi connectivity index (χ0n) is 14.5. The maximum Gasteiger partial charge on any atom is 0.193 e. The summed E-state index contributed by atoms with van der Waals surface area (Å²) in [6.07, 6.45) is 3.21. The minimum atomic E-state index is 0.344. The number of aliphatic imine (C=N–C) groups is 1. The number of hydrogen-bond donors (Lipinski definition) is 1. The first kappa shape index (κ1) is 17.4. The Bertz CT molecular complexity index is 600. The Kier molecular flexibility index (Phi) is 5.51. The summed E-state index contributed by atoms with van der Waals surface area (Å²) in [5.74, 6) is 1.76. The number of nitrogens with zero attached hydrogens (tertiary/aromatic N) is 2. The second-order valence-electron chi connectivity index (χ2n) is 6.66. The van der Waals surface area contributed by atoms with Gasteiger partial charge in [0.05, 0.1) is 13.7 Å². The zero-order valence-corrected chi connectivity index (χ0v) is 15.2. The summed E-state index contributed by atoms with van der Waals surface area (Å²) in [6.45, 7) is 4.68. The van der Waals surface area contributed by atoms with Gasteiger partial charge in [-0.3, -0.25) is 4.99 Å². The van der Waals surface area contributed by atoms with Crippen LogP contribution < -0.4 is 10.1 Å². The monoisotopic (exact) mass is 351 g/mol. The number of likely N-dealkylation sites (tertiary alicyclic amines) is 1. The molecule has 2 aliphatic rings. The van der Waals surface area contributed by atoms with Gasteiger partial charge in [-0.25, -0.2) is 0 Å². The summed E-state index contributed by atoms with van der Waals surface area (Å²) in [4.78, 5) is 6.79. The van der Waals surface area contributed by atoms with Crippen molar-refractivity contribution in [2.75, 3.05) is 47.0 Å². The molecule has 1 atom stereocenters. The third-order valence-electron chi connectivity index (χ3n) is 5.07. The highest BCUT2D eigenvalue weighted by atomic mass is 35.5. The van der Waals surface area contributed by atoms with Crippen molar-refractivity contribution in [3.63, 3.8) is 0 Å². The van der Waals surface area contributed by atoms with Crippen LogP contribution in [0.5, 0.6) is 5.75 Å². The van der Waals surface area contributed by atoms with Gasteiger partial charge in [0.15, 0.2) is 5.96 Å². The summed E-state index contributed by atoms with van der Waals surface area (Å²) in [6, 6.07) is 5.82. The maximum atomic E-state index is 6.30. The molecular formula is C18H26ClN3O2. The van der Waals surface area contributed by atoms with Gasteiger partial charge >= 0.3 is 0 Å². The predicted octanol–water partition coefficient (Wildman–Crippen LogP) is 2.58. The fourth-order valence-electron chi connectivity index (χ4n) is 3.59. The van der Waals surface area contributed by atoms with E-state index in [9.17, 15) is 0 Å². The minimum Gasteiger partial charge on any atom is -0.497 e. The van der Waals surface area contributed by atoms with Crippen LogP contribution in [-0.4, -0.2) is 57.9 Å². The highest BCUT2D eigenvalue weighted by molar-refractivity contribution is 6.31. The van der Waals surface area contributed by atoms with Crippen molar-refractivity contribution in [1.29, 1.82) is 0 Å². The van der Waals surface area contributed by atoms with Crippen molar-refractivity contribution < 1.29 is 9.47 Å². The van der Waals surface area contributed by atoms with Crippen molar-refractivity contribution in [2.24, 2.45) is 10.4 Å². The van der Waals surface area contributed by atoms with Crippen LogP contribution in [0.2, 0.25) is 5.02 Å². The summed E-state index contributed by atoms with van der Waals surface area (Å²) >= 11 is 6.30. The number of methoxy groups -OCH3 is 1. The Hall–Kier alpha value is -1.46. The average Bonchev–Trinajstić information content (AvgIpc) is 3.23.